The van der Waals surface area contributed by atoms with E-state index in [0.717, 1.165) is 6.08 Å². The third kappa shape index (κ3) is 1.65. The Balaban J connectivity index is 3.11. The van der Waals surface area contributed by atoms with Crippen molar-refractivity contribution in [3.05, 3.63) is 23.8 Å². The first kappa shape index (κ1) is 8.37. The van der Waals surface area contributed by atoms with Gasteiger partial charge in [-0.15, -0.1) is 0 Å². The summed E-state index contributed by atoms with van der Waals surface area (Å²) in [6.07, 6.45) is 1.16. The predicted octanol–water partition coefficient (Wildman–Crippen LogP) is 1.25. The number of phenols is 1. The molecule has 1 aromatic carbocycles. The van der Waals surface area contributed by atoms with Gasteiger partial charge in [-0.25, -0.2) is 4.79 Å². The summed E-state index contributed by atoms with van der Waals surface area (Å²) in [6.45, 7) is 0. The van der Waals surface area contributed by atoms with Crippen LogP contribution in [0.4, 0.5) is 0 Å². The lowest BCUT2D eigenvalue weighted by atomic mass is 10.2. The standard InChI is InChI=1S/C9H8O3/c1-12-8-3-2-7(4-5-10)9(11)6-8/h2-4,6,11H,1H3. The fraction of sp³-hybridized carbons (Fsp3) is 0.111. The summed E-state index contributed by atoms with van der Waals surface area (Å²) >= 11 is 0. The maximum atomic E-state index is 9.96. The van der Waals surface area contributed by atoms with Crippen molar-refractivity contribution in [2.75, 3.05) is 7.11 Å². The highest BCUT2D eigenvalue weighted by molar-refractivity contribution is 5.77. The Bertz CT molecular complexity index is 325. The molecule has 0 heterocycles. The average molecular weight is 164 g/mol. The minimum Gasteiger partial charge on any atom is -0.507 e. The Morgan fingerprint density at radius 3 is 2.83 bits per heavy atom. The lowest BCUT2D eigenvalue weighted by Crippen LogP contribution is -1.82. The second-order valence-corrected chi connectivity index (χ2v) is 2.19. The normalized spacial score (nSPS) is 8.75. The van der Waals surface area contributed by atoms with E-state index < -0.39 is 0 Å². The molecule has 0 amide bonds. The Labute approximate surface area is 69.9 Å². The summed E-state index contributed by atoms with van der Waals surface area (Å²) < 4.78 is 4.86. The van der Waals surface area contributed by atoms with Gasteiger partial charge < -0.3 is 9.84 Å². The Morgan fingerprint density at radius 1 is 1.58 bits per heavy atom. The van der Waals surface area contributed by atoms with Crippen LogP contribution in [0, 0.1) is 0 Å². The summed E-state index contributed by atoms with van der Waals surface area (Å²) in [5, 5.41) is 9.26. The quantitative estimate of drug-likeness (QED) is 0.669. The summed E-state index contributed by atoms with van der Waals surface area (Å²) in [4.78, 5) is 9.96. The molecule has 1 N–H and O–H groups in total. The Kier molecular flexibility index (Phi) is 2.51. The van der Waals surface area contributed by atoms with Gasteiger partial charge in [0.25, 0.3) is 0 Å². The van der Waals surface area contributed by atoms with E-state index in [1.165, 1.54) is 13.2 Å². The van der Waals surface area contributed by atoms with Gasteiger partial charge >= 0.3 is 0 Å². The van der Waals surface area contributed by atoms with Crippen LogP contribution in [0.3, 0.4) is 0 Å². The van der Waals surface area contributed by atoms with E-state index in [9.17, 15) is 9.90 Å². The molecule has 0 atom stereocenters. The molecular formula is C9H8O3. The van der Waals surface area contributed by atoms with Gasteiger partial charge in [0.15, 0.2) is 0 Å². The number of rotatable bonds is 2. The molecule has 0 bridgehead atoms. The zero-order valence-corrected chi connectivity index (χ0v) is 6.57. The van der Waals surface area contributed by atoms with Crippen LogP contribution in [0.25, 0.3) is 6.08 Å². The third-order valence-corrected chi connectivity index (χ3v) is 1.45. The molecule has 0 saturated carbocycles. The smallest absolute Gasteiger partial charge is 0.127 e. The van der Waals surface area contributed by atoms with Crippen LogP contribution >= 0.6 is 0 Å². The second kappa shape index (κ2) is 3.60. The van der Waals surface area contributed by atoms with Crippen molar-refractivity contribution in [1.82, 2.24) is 0 Å². The van der Waals surface area contributed by atoms with Crippen molar-refractivity contribution in [2.24, 2.45) is 0 Å². The summed E-state index contributed by atoms with van der Waals surface area (Å²) in [5.74, 6) is 2.15. The van der Waals surface area contributed by atoms with Crippen molar-refractivity contribution >= 4 is 12.0 Å². The zero-order chi connectivity index (χ0) is 8.97. The number of benzene rings is 1. The summed E-state index contributed by atoms with van der Waals surface area (Å²) in [5.41, 5.74) is 0.436. The third-order valence-electron chi connectivity index (χ3n) is 1.45. The van der Waals surface area contributed by atoms with Gasteiger partial charge in [0.2, 0.25) is 0 Å². The maximum absolute atomic E-state index is 9.96. The number of hydrogen-bond acceptors (Lipinski definition) is 3. The molecule has 0 spiro atoms. The van der Waals surface area contributed by atoms with Gasteiger partial charge in [0.1, 0.15) is 17.4 Å². The van der Waals surface area contributed by atoms with E-state index in [4.69, 9.17) is 4.74 Å². The number of phenolic OH excluding ortho intramolecular Hbond substituents is 1. The highest BCUT2D eigenvalue weighted by Gasteiger charge is 1.98. The van der Waals surface area contributed by atoms with Crippen LogP contribution in [-0.4, -0.2) is 18.2 Å². The topological polar surface area (TPSA) is 46.5 Å². The maximum Gasteiger partial charge on any atom is 0.127 e. The largest absolute Gasteiger partial charge is 0.507 e. The molecule has 1 rings (SSSR count). The summed E-state index contributed by atoms with van der Waals surface area (Å²) in [6, 6.07) is 4.67. The first-order valence-electron chi connectivity index (χ1n) is 3.36. The van der Waals surface area contributed by atoms with E-state index in [-0.39, 0.29) is 5.75 Å². The van der Waals surface area contributed by atoms with Crippen LogP contribution in [0.1, 0.15) is 5.56 Å². The molecule has 3 heteroatoms. The molecule has 1 aromatic rings. The molecular weight excluding hydrogens is 156 g/mol. The van der Waals surface area contributed by atoms with Crippen molar-refractivity contribution in [3.8, 4) is 11.5 Å². The SMILES string of the molecule is COc1ccc(C=C=O)c(O)c1. The minimum atomic E-state index is 0.0118. The first-order chi connectivity index (χ1) is 5.77. The zero-order valence-electron chi connectivity index (χ0n) is 6.57. The first-order valence-corrected chi connectivity index (χ1v) is 3.36. The van der Waals surface area contributed by atoms with Crippen LogP contribution in [-0.2, 0) is 4.79 Å². The molecule has 0 aromatic heterocycles. The monoisotopic (exact) mass is 164 g/mol. The van der Waals surface area contributed by atoms with Gasteiger partial charge in [0.05, 0.1) is 7.11 Å². The molecule has 12 heavy (non-hydrogen) atoms. The van der Waals surface area contributed by atoms with Crippen molar-refractivity contribution in [1.29, 1.82) is 0 Å². The van der Waals surface area contributed by atoms with E-state index >= 15 is 0 Å². The molecule has 62 valence electrons. The molecule has 0 saturated heterocycles. The minimum absolute atomic E-state index is 0.0118. The van der Waals surface area contributed by atoms with Crippen molar-refractivity contribution in [3.63, 3.8) is 0 Å². The molecule has 0 aliphatic heterocycles. The molecule has 0 aliphatic carbocycles. The van der Waals surface area contributed by atoms with Gasteiger partial charge in [-0.3, -0.25) is 0 Å². The highest BCUT2D eigenvalue weighted by Crippen LogP contribution is 2.23. The van der Waals surface area contributed by atoms with Crippen LogP contribution in [0.5, 0.6) is 11.5 Å². The molecule has 0 radical (unpaired) electrons. The number of aromatic hydroxyl groups is 1. The molecule has 0 fully saturated rings. The molecule has 3 nitrogen and oxygen atoms in total. The number of hydrogen-bond donors (Lipinski definition) is 1. The lowest BCUT2D eigenvalue weighted by Gasteiger charge is -2.01. The van der Waals surface area contributed by atoms with Gasteiger partial charge in [-0.1, -0.05) is 0 Å². The van der Waals surface area contributed by atoms with E-state index in [2.05, 4.69) is 0 Å². The highest BCUT2D eigenvalue weighted by atomic mass is 16.5. The lowest BCUT2D eigenvalue weighted by molar-refractivity contribution is 0.407. The van der Waals surface area contributed by atoms with E-state index in [1.54, 1.807) is 18.1 Å². The van der Waals surface area contributed by atoms with E-state index in [1.807, 2.05) is 0 Å². The predicted molar refractivity (Wildman–Crippen MR) is 44.8 cm³/mol. The Hall–Kier alpha value is -1.73. The number of methoxy groups -OCH3 is 1. The number of ether oxygens (including phenoxy) is 1. The average Bonchev–Trinajstić information content (AvgIpc) is 2.09. The van der Waals surface area contributed by atoms with Gasteiger partial charge in [-0.2, -0.15) is 0 Å². The van der Waals surface area contributed by atoms with Gasteiger partial charge in [0, 0.05) is 17.7 Å². The molecule has 0 aliphatic rings. The van der Waals surface area contributed by atoms with Crippen LogP contribution in [0.2, 0.25) is 0 Å². The summed E-state index contributed by atoms with van der Waals surface area (Å²) in [7, 11) is 1.50. The second-order valence-electron chi connectivity index (χ2n) is 2.19. The van der Waals surface area contributed by atoms with Crippen molar-refractivity contribution in [2.45, 2.75) is 0 Å². The van der Waals surface area contributed by atoms with Gasteiger partial charge in [-0.05, 0) is 12.1 Å². The van der Waals surface area contributed by atoms with Crippen LogP contribution in [0.15, 0.2) is 18.2 Å². The van der Waals surface area contributed by atoms with E-state index in [0.29, 0.717) is 11.3 Å². The fourth-order valence-corrected chi connectivity index (χ4v) is 0.836. The van der Waals surface area contributed by atoms with Crippen molar-refractivity contribution < 1.29 is 14.6 Å². The Morgan fingerprint density at radius 2 is 2.33 bits per heavy atom. The fourth-order valence-electron chi connectivity index (χ4n) is 0.836. The number of carbonyl (C=O) groups excluding carboxylic acids is 1. The van der Waals surface area contributed by atoms with Crippen LogP contribution < -0.4 is 4.74 Å². The molecule has 0 unspecified atom stereocenters.